The van der Waals surface area contributed by atoms with Gasteiger partial charge in [-0.3, -0.25) is 9.89 Å². The second-order valence-electron chi connectivity index (χ2n) is 4.43. The van der Waals surface area contributed by atoms with E-state index in [0.29, 0.717) is 31.9 Å². The van der Waals surface area contributed by atoms with Crippen molar-refractivity contribution in [1.29, 1.82) is 0 Å². The Balaban J connectivity index is 2.14. The van der Waals surface area contributed by atoms with E-state index in [4.69, 9.17) is 4.74 Å². The van der Waals surface area contributed by atoms with Gasteiger partial charge in [0.15, 0.2) is 0 Å². The summed E-state index contributed by atoms with van der Waals surface area (Å²) in [5.74, 6) is -0.00554. The van der Waals surface area contributed by atoms with Crippen molar-refractivity contribution in [2.24, 2.45) is 0 Å². The maximum absolute atomic E-state index is 12.4. The van der Waals surface area contributed by atoms with Crippen LogP contribution in [0, 0.1) is 0 Å². The maximum Gasteiger partial charge on any atom is 0.330 e. The Morgan fingerprint density at radius 3 is 2.90 bits per heavy atom. The molecule has 0 saturated carbocycles. The van der Waals surface area contributed by atoms with Crippen molar-refractivity contribution in [1.82, 2.24) is 25.4 Å². The fourth-order valence-corrected chi connectivity index (χ4v) is 2.07. The van der Waals surface area contributed by atoms with Gasteiger partial charge in [0.1, 0.15) is 11.9 Å². The lowest BCUT2D eigenvalue weighted by molar-refractivity contribution is -0.149. The summed E-state index contributed by atoms with van der Waals surface area (Å²) in [4.78, 5) is 29.9. The largest absolute Gasteiger partial charge is 0.464 e. The number of aryl methyl sites for hydroxylation is 1. The van der Waals surface area contributed by atoms with Crippen LogP contribution < -0.4 is 5.32 Å². The lowest BCUT2D eigenvalue weighted by atomic mass is 10.2. The first kappa shape index (κ1) is 14.4. The molecule has 0 spiro atoms. The molecule has 0 radical (unpaired) electrons. The average Bonchev–Trinajstić information content (AvgIpc) is 2.95. The molecule has 1 unspecified atom stereocenters. The highest BCUT2D eigenvalue weighted by Crippen LogP contribution is 2.10. The molecule has 8 nitrogen and oxygen atoms in total. The summed E-state index contributed by atoms with van der Waals surface area (Å²) >= 11 is 0. The van der Waals surface area contributed by atoms with Crippen molar-refractivity contribution in [2.75, 3.05) is 26.2 Å². The van der Waals surface area contributed by atoms with Crippen molar-refractivity contribution in [3.05, 3.63) is 11.6 Å². The molecule has 110 valence electrons. The van der Waals surface area contributed by atoms with Crippen LogP contribution in [0.3, 0.4) is 0 Å². The summed E-state index contributed by atoms with van der Waals surface area (Å²) in [6.45, 7) is 5.39. The van der Waals surface area contributed by atoms with Crippen LogP contribution in [0.5, 0.6) is 0 Å². The van der Waals surface area contributed by atoms with Crippen LogP contribution in [0.15, 0.2) is 0 Å². The Morgan fingerprint density at radius 2 is 2.25 bits per heavy atom. The summed E-state index contributed by atoms with van der Waals surface area (Å²) in [6, 6.07) is -0.625. The Bertz CT molecular complexity index is 487. The fourth-order valence-electron chi connectivity index (χ4n) is 2.07. The number of esters is 1. The van der Waals surface area contributed by atoms with E-state index in [-0.39, 0.29) is 18.3 Å². The molecule has 1 aliphatic rings. The van der Waals surface area contributed by atoms with Crippen LogP contribution in [0.2, 0.25) is 0 Å². The number of piperazine rings is 1. The van der Waals surface area contributed by atoms with E-state index in [9.17, 15) is 9.59 Å². The minimum atomic E-state index is -0.625. The molecule has 0 aliphatic carbocycles. The van der Waals surface area contributed by atoms with E-state index in [1.165, 1.54) is 4.90 Å². The smallest absolute Gasteiger partial charge is 0.330 e. The third-order valence-electron chi connectivity index (χ3n) is 3.12. The number of carbonyl (C=O) groups excluding carboxylic acids is 2. The van der Waals surface area contributed by atoms with Crippen molar-refractivity contribution in [3.63, 3.8) is 0 Å². The number of H-pyrrole nitrogens is 1. The van der Waals surface area contributed by atoms with Crippen LogP contribution in [0.1, 0.15) is 30.3 Å². The summed E-state index contributed by atoms with van der Waals surface area (Å²) in [5, 5.41) is 9.69. The maximum atomic E-state index is 12.4. The second-order valence-corrected chi connectivity index (χ2v) is 4.43. The molecule has 1 atom stereocenters. The second kappa shape index (κ2) is 6.47. The van der Waals surface area contributed by atoms with E-state index in [2.05, 4.69) is 20.5 Å². The van der Waals surface area contributed by atoms with Gasteiger partial charge in [-0.15, -0.1) is 5.10 Å². The van der Waals surface area contributed by atoms with Crippen molar-refractivity contribution in [3.8, 4) is 0 Å². The van der Waals surface area contributed by atoms with Crippen LogP contribution in [0.4, 0.5) is 0 Å². The lowest BCUT2D eigenvalue weighted by Gasteiger charge is -2.33. The van der Waals surface area contributed by atoms with Gasteiger partial charge < -0.3 is 15.0 Å². The Morgan fingerprint density at radius 1 is 1.45 bits per heavy atom. The van der Waals surface area contributed by atoms with Crippen LogP contribution in [-0.2, 0) is 16.0 Å². The van der Waals surface area contributed by atoms with E-state index >= 15 is 0 Å². The summed E-state index contributed by atoms with van der Waals surface area (Å²) in [7, 11) is 0. The van der Waals surface area contributed by atoms with Gasteiger partial charge in [-0.2, -0.15) is 0 Å². The molecule has 1 saturated heterocycles. The SMILES string of the molecule is CCOC(=O)C1CNCCN1C(=O)c1n[nH]c(CC)n1. The van der Waals surface area contributed by atoms with Gasteiger partial charge >= 0.3 is 5.97 Å². The summed E-state index contributed by atoms with van der Waals surface area (Å²) in [5.41, 5.74) is 0. The minimum Gasteiger partial charge on any atom is -0.464 e. The highest BCUT2D eigenvalue weighted by molar-refractivity contribution is 5.94. The molecule has 2 N–H and O–H groups in total. The zero-order valence-corrected chi connectivity index (χ0v) is 11.7. The van der Waals surface area contributed by atoms with Crippen molar-refractivity contribution in [2.45, 2.75) is 26.3 Å². The molecule has 1 aromatic rings. The zero-order chi connectivity index (χ0) is 14.5. The fraction of sp³-hybridized carbons (Fsp3) is 0.667. The number of rotatable bonds is 4. The highest BCUT2D eigenvalue weighted by atomic mass is 16.5. The molecule has 2 rings (SSSR count). The Hall–Kier alpha value is -1.96. The Kier molecular flexibility index (Phi) is 4.67. The standard InChI is InChI=1S/C12H19N5O3/c1-3-9-14-10(16-15-9)11(18)17-6-5-13-7-8(17)12(19)20-4-2/h8,13H,3-7H2,1-2H3,(H,14,15,16). The number of nitrogens with one attached hydrogen (secondary N) is 2. The zero-order valence-electron chi connectivity index (χ0n) is 11.7. The minimum absolute atomic E-state index is 0.0954. The lowest BCUT2D eigenvalue weighted by Crippen LogP contribution is -2.57. The molecule has 1 amide bonds. The average molecular weight is 281 g/mol. The van der Waals surface area contributed by atoms with E-state index < -0.39 is 12.0 Å². The number of ether oxygens (including phenoxy) is 1. The monoisotopic (exact) mass is 281 g/mol. The molecule has 0 aromatic carbocycles. The number of aromatic amines is 1. The van der Waals surface area contributed by atoms with E-state index in [0.717, 1.165) is 0 Å². The number of hydrogen-bond acceptors (Lipinski definition) is 6. The molecular formula is C12H19N5O3. The summed E-state index contributed by atoms with van der Waals surface area (Å²) in [6.07, 6.45) is 0.670. The van der Waals surface area contributed by atoms with Gasteiger partial charge in [-0.1, -0.05) is 6.92 Å². The molecule has 1 aliphatic heterocycles. The first-order chi connectivity index (χ1) is 9.67. The molecule has 1 aromatic heterocycles. The van der Waals surface area contributed by atoms with Gasteiger partial charge in [0.2, 0.25) is 5.82 Å². The molecule has 8 heteroatoms. The number of amides is 1. The first-order valence-corrected chi connectivity index (χ1v) is 6.77. The normalized spacial score (nSPS) is 18.9. The van der Waals surface area contributed by atoms with Crippen LogP contribution in [-0.4, -0.2) is 64.2 Å². The Labute approximate surface area is 116 Å². The van der Waals surface area contributed by atoms with Gasteiger partial charge in [0.05, 0.1) is 6.61 Å². The number of hydrogen-bond donors (Lipinski definition) is 2. The summed E-state index contributed by atoms with van der Waals surface area (Å²) < 4.78 is 5.00. The van der Waals surface area contributed by atoms with Gasteiger partial charge in [0.25, 0.3) is 5.91 Å². The molecule has 1 fully saturated rings. The third-order valence-corrected chi connectivity index (χ3v) is 3.12. The quantitative estimate of drug-likeness (QED) is 0.711. The number of nitrogens with zero attached hydrogens (tertiary/aromatic N) is 3. The molecular weight excluding hydrogens is 262 g/mol. The topological polar surface area (TPSA) is 100 Å². The molecule has 2 heterocycles. The highest BCUT2D eigenvalue weighted by Gasteiger charge is 2.35. The van der Waals surface area contributed by atoms with Gasteiger partial charge in [0, 0.05) is 26.1 Å². The third kappa shape index (κ3) is 2.96. The van der Waals surface area contributed by atoms with Crippen LogP contribution in [0.25, 0.3) is 0 Å². The van der Waals surface area contributed by atoms with Gasteiger partial charge in [-0.05, 0) is 6.92 Å². The van der Waals surface area contributed by atoms with E-state index in [1.807, 2.05) is 6.92 Å². The molecule has 20 heavy (non-hydrogen) atoms. The first-order valence-electron chi connectivity index (χ1n) is 6.77. The van der Waals surface area contributed by atoms with Gasteiger partial charge in [-0.25, -0.2) is 9.78 Å². The number of aromatic nitrogens is 3. The predicted molar refractivity (Wildman–Crippen MR) is 70.1 cm³/mol. The predicted octanol–water partition coefficient (Wildman–Crippen LogP) is -0.656. The van der Waals surface area contributed by atoms with Crippen molar-refractivity contribution < 1.29 is 14.3 Å². The van der Waals surface area contributed by atoms with Crippen LogP contribution >= 0.6 is 0 Å². The number of carbonyl (C=O) groups is 2. The van der Waals surface area contributed by atoms with Crippen molar-refractivity contribution >= 4 is 11.9 Å². The molecule has 0 bridgehead atoms. The van der Waals surface area contributed by atoms with E-state index in [1.54, 1.807) is 6.92 Å².